The Bertz CT molecular complexity index is 1540. The van der Waals surface area contributed by atoms with Crippen LogP contribution in [0.25, 0.3) is 33.5 Å². The van der Waals surface area contributed by atoms with E-state index in [0.717, 1.165) is 22.5 Å². The number of hydrogen-bond donors (Lipinski definition) is 3. The number of H-pyrrole nitrogens is 1. The summed E-state index contributed by atoms with van der Waals surface area (Å²) in [5, 5.41) is 13.4. The van der Waals surface area contributed by atoms with E-state index in [0.29, 0.717) is 40.4 Å². The lowest BCUT2D eigenvalue weighted by Gasteiger charge is -2.09. The average Bonchev–Trinajstić information content (AvgIpc) is 3.31. The zero-order valence-corrected chi connectivity index (χ0v) is 19.2. The summed E-state index contributed by atoms with van der Waals surface area (Å²) in [5.74, 6) is 0.855. The molecule has 174 valence electrons. The number of aromatic hydroxyl groups is 1. The van der Waals surface area contributed by atoms with Gasteiger partial charge in [0.25, 0.3) is 5.91 Å². The van der Waals surface area contributed by atoms with Crippen LogP contribution in [0.3, 0.4) is 0 Å². The van der Waals surface area contributed by atoms with Gasteiger partial charge in [-0.1, -0.05) is 12.1 Å². The Morgan fingerprint density at radius 1 is 1.03 bits per heavy atom. The topological polar surface area (TPSA) is 113 Å². The van der Waals surface area contributed by atoms with Crippen molar-refractivity contribution >= 4 is 16.9 Å². The van der Waals surface area contributed by atoms with Crippen LogP contribution in [0.2, 0.25) is 0 Å². The van der Waals surface area contributed by atoms with Gasteiger partial charge in [0.1, 0.15) is 11.6 Å². The van der Waals surface area contributed by atoms with E-state index in [1.807, 2.05) is 43.3 Å². The lowest BCUT2D eigenvalue weighted by molar-refractivity contribution is 0.0950. The highest BCUT2D eigenvalue weighted by molar-refractivity contribution is 5.97. The molecule has 0 saturated carbocycles. The fourth-order valence-corrected chi connectivity index (χ4v) is 3.92. The molecule has 5 rings (SSSR count). The number of pyridine rings is 2. The van der Waals surface area contributed by atoms with E-state index in [9.17, 15) is 9.90 Å². The van der Waals surface area contributed by atoms with Crippen LogP contribution in [0.4, 0.5) is 0 Å². The van der Waals surface area contributed by atoms with Gasteiger partial charge in [-0.3, -0.25) is 9.78 Å². The number of fused-ring (bicyclic) bond motifs is 1. The second-order valence-electron chi connectivity index (χ2n) is 8.06. The number of aromatic amines is 1. The SMILES string of the molecule is COc1ncccc1-c1ccc(O)c(-c2nc3ccc(C(=O)NCc4cccc(C)n4)cc3[nH]2)c1. The van der Waals surface area contributed by atoms with Gasteiger partial charge in [-0.05, 0) is 67.1 Å². The summed E-state index contributed by atoms with van der Waals surface area (Å²) >= 11 is 0. The summed E-state index contributed by atoms with van der Waals surface area (Å²) in [6.45, 7) is 2.25. The summed E-state index contributed by atoms with van der Waals surface area (Å²) in [7, 11) is 1.57. The molecule has 1 amide bonds. The highest BCUT2D eigenvalue weighted by Crippen LogP contribution is 2.35. The largest absolute Gasteiger partial charge is 0.507 e. The van der Waals surface area contributed by atoms with Crippen LogP contribution >= 0.6 is 0 Å². The molecule has 3 N–H and O–H groups in total. The summed E-state index contributed by atoms with van der Waals surface area (Å²) in [4.78, 5) is 29.2. The first-order valence-corrected chi connectivity index (χ1v) is 11.0. The molecule has 8 nitrogen and oxygen atoms in total. The van der Waals surface area contributed by atoms with Crippen LogP contribution in [0.15, 0.2) is 72.9 Å². The zero-order chi connectivity index (χ0) is 24.4. The molecular formula is C27H23N5O3. The number of aromatic nitrogens is 4. The Morgan fingerprint density at radius 2 is 1.91 bits per heavy atom. The van der Waals surface area contributed by atoms with E-state index in [4.69, 9.17) is 4.74 Å². The summed E-state index contributed by atoms with van der Waals surface area (Å²) < 4.78 is 5.37. The predicted molar refractivity (Wildman–Crippen MR) is 133 cm³/mol. The maximum atomic E-state index is 12.7. The van der Waals surface area contributed by atoms with Crippen molar-refractivity contribution in [3.8, 4) is 34.1 Å². The molecule has 2 aromatic carbocycles. The molecule has 0 bridgehead atoms. The van der Waals surface area contributed by atoms with Crippen molar-refractivity contribution in [3.05, 3.63) is 89.9 Å². The number of aryl methyl sites for hydroxylation is 1. The smallest absolute Gasteiger partial charge is 0.251 e. The van der Waals surface area contributed by atoms with Gasteiger partial charge in [-0.15, -0.1) is 0 Å². The fourth-order valence-electron chi connectivity index (χ4n) is 3.92. The Labute approximate surface area is 201 Å². The standard InChI is InChI=1S/C27H23N5O3/c1-16-5-3-6-19(30-16)15-29-26(34)18-8-10-22-23(14-18)32-25(31-22)21-13-17(9-11-24(21)33)20-7-4-12-28-27(20)35-2/h3-14,33H,15H2,1-2H3,(H,29,34)(H,31,32). The fraction of sp³-hybridized carbons (Fsp3) is 0.111. The van der Waals surface area contributed by atoms with Crippen molar-refractivity contribution in [1.82, 2.24) is 25.3 Å². The van der Waals surface area contributed by atoms with Crippen molar-refractivity contribution in [3.63, 3.8) is 0 Å². The van der Waals surface area contributed by atoms with Crippen LogP contribution in [-0.4, -0.2) is 38.1 Å². The van der Waals surface area contributed by atoms with E-state index in [1.165, 1.54) is 0 Å². The molecule has 0 atom stereocenters. The number of nitrogens with zero attached hydrogens (tertiary/aromatic N) is 3. The quantitative estimate of drug-likeness (QED) is 0.337. The molecule has 0 aliphatic heterocycles. The molecule has 5 aromatic rings. The lowest BCUT2D eigenvalue weighted by atomic mass is 10.0. The Kier molecular flexibility index (Phi) is 5.85. The molecular weight excluding hydrogens is 442 g/mol. The molecule has 0 saturated heterocycles. The van der Waals surface area contributed by atoms with Crippen molar-refractivity contribution in [2.45, 2.75) is 13.5 Å². The van der Waals surface area contributed by atoms with Crippen molar-refractivity contribution in [2.24, 2.45) is 0 Å². The van der Waals surface area contributed by atoms with Gasteiger partial charge in [-0.2, -0.15) is 0 Å². The molecule has 0 radical (unpaired) electrons. The van der Waals surface area contributed by atoms with Crippen molar-refractivity contribution < 1.29 is 14.6 Å². The molecule has 0 aliphatic carbocycles. The van der Waals surface area contributed by atoms with Crippen LogP contribution in [0.5, 0.6) is 11.6 Å². The summed E-state index contributed by atoms with van der Waals surface area (Å²) in [6, 6.07) is 19.9. The number of amides is 1. The number of hydrogen-bond acceptors (Lipinski definition) is 6. The van der Waals surface area contributed by atoms with Gasteiger partial charge in [-0.25, -0.2) is 9.97 Å². The van der Waals surface area contributed by atoms with Gasteiger partial charge in [0.15, 0.2) is 0 Å². The van der Waals surface area contributed by atoms with Gasteiger partial charge in [0, 0.05) is 23.0 Å². The number of nitrogens with one attached hydrogen (secondary N) is 2. The van der Waals surface area contributed by atoms with E-state index < -0.39 is 0 Å². The number of carbonyl (C=O) groups excluding carboxylic acids is 1. The minimum atomic E-state index is -0.208. The first-order valence-electron chi connectivity index (χ1n) is 11.0. The van der Waals surface area contributed by atoms with E-state index in [2.05, 4.69) is 25.3 Å². The first-order chi connectivity index (χ1) is 17.0. The number of rotatable bonds is 6. The number of benzene rings is 2. The maximum Gasteiger partial charge on any atom is 0.251 e. The summed E-state index contributed by atoms with van der Waals surface area (Å²) in [5.41, 5.74) is 5.72. The minimum Gasteiger partial charge on any atom is -0.507 e. The number of methoxy groups -OCH3 is 1. The van der Waals surface area contributed by atoms with Gasteiger partial charge < -0.3 is 20.1 Å². The number of ether oxygens (including phenoxy) is 1. The molecule has 8 heteroatoms. The minimum absolute atomic E-state index is 0.0827. The Balaban J connectivity index is 1.43. The first kappa shape index (κ1) is 22.1. The second kappa shape index (κ2) is 9.26. The monoisotopic (exact) mass is 465 g/mol. The molecule has 0 aliphatic rings. The third-order valence-electron chi connectivity index (χ3n) is 5.65. The third kappa shape index (κ3) is 4.54. The van der Waals surface area contributed by atoms with E-state index in [-0.39, 0.29) is 11.7 Å². The normalized spacial score (nSPS) is 10.9. The average molecular weight is 466 g/mol. The van der Waals surface area contributed by atoms with Crippen LogP contribution in [-0.2, 0) is 6.54 Å². The molecule has 3 heterocycles. The number of phenolic OH excluding ortho intramolecular Hbond substituents is 1. The second-order valence-corrected chi connectivity index (χ2v) is 8.06. The third-order valence-corrected chi connectivity index (χ3v) is 5.65. The lowest BCUT2D eigenvalue weighted by Crippen LogP contribution is -2.23. The molecule has 0 unspecified atom stereocenters. The van der Waals surface area contributed by atoms with E-state index >= 15 is 0 Å². The van der Waals surface area contributed by atoms with Gasteiger partial charge in [0.05, 0.1) is 35.9 Å². The predicted octanol–water partition coefficient (Wildman–Crippen LogP) is 4.64. The van der Waals surface area contributed by atoms with Crippen LogP contribution < -0.4 is 10.1 Å². The highest BCUT2D eigenvalue weighted by atomic mass is 16.5. The van der Waals surface area contributed by atoms with Crippen LogP contribution in [0, 0.1) is 6.92 Å². The number of carbonyl (C=O) groups is 1. The Hall–Kier alpha value is -4.72. The number of imidazole rings is 1. The van der Waals surface area contributed by atoms with E-state index in [1.54, 1.807) is 43.6 Å². The molecule has 0 spiro atoms. The van der Waals surface area contributed by atoms with Crippen molar-refractivity contribution in [1.29, 1.82) is 0 Å². The van der Waals surface area contributed by atoms with Gasteiger partial charge >= 0.3 is 0 Å². The number of phenols is 1. The summed E-state index contributed by atoms with van der Waals surface area (Å²) in [6.07, 6.45) is 1.66. The maximum absolute atomic E-state index is 12.7. The highest BCUT2D eigenvalue weighted by Gasteiger charge is 2.15. The Morgan fingerprint density at radius 3 is 2.74 bits per heavy atom. The molecule has 35 heavy (non-hydrogen) atoms. The molecule has 0 fully saturated rings. The van der Waals surface area contributed by atoms with Crippen LogP contribution in [0.1, 0.15) is 21.7 Å². The van der Waals surface area contributed by atoms with Crippen molar-refractivity contribution in [2.75, 3.05) is 7.11 Å². The van der Waals surface area contributed by atoms with Gasteiger partial charge in [0.2, 0.25) is 5.88 Å². The zero-order valence-electron chi connectivity index (χ0n) is 19.2. The molecule has 3 aromatic heterocycles.